The third-order valence-corrected chi connectivity index (χ3v) is 2.27. The van der Waals surface area contributed by atoms with Crippen molar-refractivity contribution in [3.8, 4) is 0 Å². The highest BCUT2D eigenvalue weighted by molar-refractivity contribution is 5.98. The van der Waals surface area contributed by atoms with Crippen molar-refractivity contribution in [2.75, 3.05) is 12.3 Å². The molecule has 18 heavy (non-hydrogen) atoms. The number of amides is 1. The van der Waals surface area contributed by atoms with Crippen LogP contribution >= 0.6 is 0 Å². The molecule has 1 aromatic rings. The van der Waals surface area contributed by atoms with Gasteiger partial charge < -0.3 is 11.1 Å². The van der Waals surface area contributed by atoms with Crippen LogP contribution < -0.4 is 11.1 Å². The summed E-state index contributed by atoms with van der Waals surface area (Å²) in [5.74, 6) is -0.424. The number of hydrogen-bond donors (Lipinski definition) is 2. The fraction of sp³-hybridized carbons (Fsp3) is 0.455. The van der Waals surface area contributed by atoms with Crippen molar-refractivity contribution in [3.05, 3.63) is 24.0 Å². The molecule has 0 fully saturated rings. The standard InChI is InChI=1S/C11H14F3N3O/c12-11(13,14)4-1-2-5-17-10(18)8-7-16-6-3-9(8)15/h3,6-7H,1-2,4-5H2,(H2,15,16)(H,17,18). The number of carbonyl (C=O) groups is 1. The van der Waals surface area contributed by atoms with Crippen LogP contribution in [0, 0.1) is 0 Å². The minimum atomic E-state index is -4.14. The normalized spacial score (nSPS) is 11.3. The molecule has 0 radical (unpaired) electrons. The maximum absolute atomic E-state index is 11.8. The van der Waals surface area contributed by atoms with Crippen LogP contribution in [0.3, 0.4) is 0 Å². The van der Waals surface area contributed by atoms with Crippen molar-refractivity contribution in [1.82, 2.24) is 10.3 Å². The lowest BCUT2D eigenvalue weighted by Gasteiger charge is -2.08. The van der Waals surface area contributed by atoms with Gasteiger partial charge >= 0.3 is 6.18 Å². The van der Waals surface area contributed by atoms with Crippen molar-refractivity contribution in [1.29, 1.82) is 0 Å². The summed E-state index contributed by atoms with van der Waals surface area (Å²) in [6.45, 7) is 0.184. The summed E-state index contributed by atoms with van der Waals surface area (Å²) in [4.78, 5) is 15.3. The largest absolute Gasteiger partial charge is 0.398 e. The van der Waals surface area contributed by atoms with Crippen molar-refractivity contribution in [2.24, 2.45) is 0 Å². The second-order valence-electron chi connectivity index (χ2n) is 3.79. The molecule has 0 atom stereocenters. The van der Waals surface area contributed by atoms with E-state index in [1.165, 1.54) is 18.5 Å². The highest BCUT2D eigenvalue weighted by Crippen LogP contribution is 2.21. The zero-order valence-electron chi connectivity index (χ0n) is 9.63. The van der Waals surface area contributed by atoms with Crippen LogP contribution in [0.4, 0.5) is 18.9 Å². The van der Waals surface area contributed by atoms with Gasteiger partial charge in [-0.1, -0.05) is 0 Å². The van der Waals surface area contributed by atoms with Crippen LogP contribution in [0.25, 0.3) is 0 Å². The molecule has 3 N–H and O–H groups in total. The van der Waals surface area contributed by atoms with Crippen molar-refractivity contribution in [3.63, 3.8) is 0 Å². The zero-order valence-corrected chi connectivity index (χ0v) is 9.63. The third-order valence-electron chi connectivity index (χ3n) is 2.27. The monoisotopic (exact) mass is 261 g/mol. The number of pyridine rings is 1. The van der Waals surface area contributed by atoms with Crippen molar-refractivity contribution >= 4 is 11.6 Å². The SMILES string of the molecule is Nc1ccncc1C(=O)NCCCCC(F)(F)F. The molecule has 0 bridgehead atoms. The number of halogens is 3. The van der Waals surface area contributed by atoms with E-state index in [4.69, 9.17) is 5.73 Å². The molecule has 1 aromatic heterocycles. The topological polar surface area (TPSA) is 68.0 Å². The highest BCUT2D eigenvalue weighted by Gasteiger charge is 2.25. The number of nitrogens with zero attached hydrogens (tertiary/aromatic N) is 1. The Bertz CT molecular complexity index is 407. The molecule has 1 heterocycles. The molecule has 0 saturated carbocycles. The maximum atomic E-state index is 11.8. The van der Waals surface area contributed by atoms with E-state index in [0.717, 1.165) is 0 Å². The highest BCUT2D eigenvalue weighted by atomic mass is 19.4. The van der Waals surface area contributed by atoms with E-state index in [2.05, 4.69) is 10.3 Å². The molecule has 1 rings (SSSR count). The van der Waals surface area contributed by atoms with Gasteiger partial charge in [-0.25, -0.2) is 0 Å². The van der Waals surface area contributed by atoms with Gasteiger partial charge in [0.1, 0.15) is 0 Å². The lowest BCUT2D eigenvalue weighted by atomic mass is 10.2. The molecule has 0 aromatic carbocycles. The molecular weight excluding hydrogens is 247 g/mol. The van der Waals surface area contributed by atoms with E-state index in [1.807, 2.05) is 0 Å². The van der Waals surface area contributed by atoms with Gasteiger partial charge in [-0.3, -0.25) is 9.78 Å². The lowest BCUT2D eigenvalue weighted by Crippen LogP contribution is -2.25. The first-order valence-corrected chi connectivity index (χ1v) is 5.44. The van der Waals surface area contributed by atoms with Gasteiger partial charge in [0, 0.05) is 31.0 Å². The number of nitrogens with two attached hydrogens (primary N) is 1. The van der Waals surface area contributed by atoms with Gasteiger partial charge in [0.15, 0.2) is 0 Å². The van der Waals surface area contributed by atoms with Gasteiger partial charge in [0.25, 0.3) is 5.91 Å². The molecule has 0 saturated heterocycles. The third kappa shape index (κ3) is 5.03. The molecule has 0 aliphatic heterocycles. The van der Waals surface area contributed by atoms with E-state index >= 15 is 0 Å². The number of unbranched alkanes of at least 4 members (excludes halogenated alkanes) is 1. The van der Waals surface area contributed by atoms with E-state index in [9.17, 15) is 18.0 Å². The Kier molecular flexibility index (Phi) is 4.94. The second-order valence-corrected chi connectivity index (χ2v) is 3.79. The number of alkyl halides is 3. The number of hydrogen-bond acceptors (Lipinski definition) is 3. The van der Waals surface area contributed by atoms with Gasteiger partial charge in [-0.2, -0.15) is 13.2 Å². The number of rotatable bonds is 5. The molecular formula is C11H14F3N3O. The Labute approximate surface area is 102 Å². The summed E-state index contributed by atoms with van der Waals surface area (Å²) < 4.78 is 35.5. The van der Waals surface area contributed by atoms with Gasteiger partial charge in [-0.05, 0) is 18.9 Å². The van der Waals surface area contributed by atoms with Crippen molar-refractivity contribution < 1.29 is 18.0 Å². The Morgan fingerprint density at radius 1 is 1.39 bits per heavy atom. The minimum absolute atomic E-state index is 0.00764. The fourth-order valence-electron chi connectivity index (χ4n) is 1.34. The smallest absolute Gasteiger partial charge is 0.389 e. The van der Waals surface area contributed by atoms with Crippen LogP contribution in [0.15, 0.2) is 18.5 Å². The number of nitrogen functional groups attached to an aromatic ring is 1. The predicted molar refractivity (Wildman–Crippen MR) is 60.9 cm³/mol. The Hall–Kier alpha value is -1.79. The summed E-state index contributed by atoms with van der Waals surface area (Å²) in [6.07, 6.45) is -1.94. The Morgan fingerprint density at radius 3 is 2.72 bits per heavy atom. The summed E-state index contributed by atoms with van der Waals surface area (Å²) >= 11 is 0. The molecule has 0 spiro atoms. The number of aromatic nitrogens is 1. The number of carbonyl (C=O) groups excluding carboxylic acids is 1. The summed E-state index contributed by atoms with van der Waals surface area (Å²) in [6, 6.07) is 1.48. The van der Waals surface area contributed by atoms with Gasteiger partial charge in [0.2, 0.25) is 0 Å². The van der Waals surface area contributed by atoms with E-state index < -0.39 is 18.5 Å². The Balaban J connectivity index is 2.28. The first-order valence-electron chi connectivity index (χ1n) is 5.44. The summed E-state index contributed by atoms with van der Waals surface area (Å²) in [5, 5.41) is 2.50. The van der Waals surface area contributed by atoms with E-state index in [1.54, 1.807) is 0 Å². The van der Waals surface area contributed by atoms with E-state index in [0.29, 0.717) is 0 Å². The van der Waals surface area contributed by atoms with Crippen LogP contribution in [-0.2, 0) is 0 Å². The van der Waals surface area contributed by atoms with E-state index in [-0.39, 0.29) is 30.6 Å². The quantitative estimate of drug-likeness (QED) is 0.798. The minimum Gasteiger partial charge on any atom is -0.398 e. The molecule has 100 valence electrons. The van der Waals surface area contributed by atoms with Gasteiger partial charge in [0.05, 0.1) is 5.56 Å². The zero-order chi connectivity index (χ0) is 13.6. The molecule has 0 aliphatic rings. The van der Waals surface area contributed by atoms with Crippen LogP contribution in [0.2, 0.25) is 0 Å². The van der Waals surface area contributed by atoms with Gasteiger partial charge in [-0.15, -0.1) is 0 Å². The molecule has 0 aliphatic carbocycles. The van der Waals surface area contributed by atoms with Crippen LogP contribution in [0.5, 0.6) is 0 Å². The fourth-order valence-corrected chi connectivity index (χ4v) is 1.34. The predicted octanol–water partition coefficient (Wildman–Crippen LogP) is 2.13. The van der Waals surface area contributed by atoms with Crippen LogP contribution in [0.1, 0.15) is 29.6 Å². The average Bonchev–Trinajstić information content (AvgIpc) is 2.27. The van der Waals surface area contributed by atoms with Crippen LogP contribution in [-0.4, -0.2) is 23.6 Å². The maximum Gasteiger partial charge on any atom is 0.389 e. The first kappa shape index (κ1) is 14.3. The summed E-state index contributed by atoms with van der Waals surface area (Å²) in [7, 11) is 0. The first-order chi connectivity index (χ1) is 8.40. The molecule has 0 unspecified atom stereocenters. The molecule has 1 amide bonds. The molecule has 7 heteroatoms. The Morgan fingerprint density at radius 2 is 2.11 bits per heavy atom. The lowest BCUT2D eigenvalue weighted by molar-refractivity contribution is -0.135. The second kappa shape index (κ2) is 6.23. The number of nitrogens with one attached hydrogen (secondary N) is 1. The average molecular weight is 261 g/mol. The number of anilines is 1. The summed E-state index contributed by atoms with van der Waals surface area (Å²) in [5.41, 5.74) is 6.08. The van der Waals surface area contributed by atoms with Crippen molar-refractivity contribution in [2.45, 2.75) is 25.4 Å². The molecule has 4 nitrogen and oxygen atoms in total.